The van der Waals surface area contributed by atoms with Gasteiger partial charge in [0.25, 0.3) is 17.7 Å². The van der Waals surface area contributed by atoms with Crippen LogP contribution in [-0.2, 0) is 9.59 Å². The monoisotopic (exact) mass is 786 g/mol. The summed E-state index contributed by atoms with van der Waals surface area (Å²) in [6.45, 7) is 18.3. The van der Waals surface area contributed by atoms with E-state index in [9.17, 15) is 28.4 Å². The molecule has 9 rings (SSSR count). The molecule has 0 bridgehead atoms. The molecule has 2 atom stereocenters. The predicted octanol–water partition coefficient (Wildman–Crippen LogP) is 4.62. The van der Waals surface area contributed by atoms with Gasteiger partial charge in [0.2, 0.25) is 17.5 Å². The molecule has 1 spiro atoms. The van der Waals surface area contributed by atoms with Gasteiger partial charge in [0.1, 0.15) is 11.9 Å². The number of nitrogens with one attached hydrogen (secondary N) is 1. The molecule has 1 N–H and O–H groups in total. The van der Waals surface area contributed by atoms with Crippen LogP contribution in [0.3, 0.4) is 0 Å². The molecular formula is C44H47FN8O5. The molecule has 3 aromatic carbocycles. The van der Waals surface area contributed by atoms with Gasteiger partial charge in [-0.3, -0.25) is 39.1 Å². The van der Waals surface area contributed by atoms with E-state index in [-0.39, 0.29) is 41.0 Å². The van der Waals surface area contributed by atoms with E-state index in [0.717, 1.165) is 87.0 Å². The van der Waals surface area contributed by atoms with Gasteiger partial charge in [0.15, 0.2) is 0 Å². The number of amides is 5. The van der Waals surface area contributed by atoms with Crippen LogP contribution in [0.25, 0.3) is 4.85 Å². The Morgan fingerprint density at radius 1 is 0.862 bits per heavy atom. The number of carbonyl (C=O) groups is 5. The highest BCUT2D eigenvalue weighted by Gasteiger charge is 2.46. The molecule has 0 saturated carbocycles. The highest BCUT2D eigenvalue weighted by Crippen LogP contribution is 2.47. The Morgan fingerprint density at radius 3 is 2.24 bits per heavy atom. The third-order valence-electron chi connectivity index (χ3n) is 13.6. The van der Waals surface area contributed by atoms with Crippen molar-refractivity contribution in [3.8, 4) is 0 Å². The second-order valence-corrected chi connectivity index (χ2v) is 16.9. The lowest BCUT2D eigenvalue weighted by molar-refractivity contribution is -0.136. The van der Waals surface area contributed by atoms with E-state index in [1.165, 1.54) is 0 Å². The topological polar surface area (TPSA) is 121 Å². The van der Waals surface area contributed by atoms with Crippen LogP contribution in [0.2, 0.25) is 0 Å². The van der Waals surface area contributed by atoms with Crippen LogP contribution in [0.1, 0.15) is 75.7 Å². The minimum atomic E-state index is -0.988. The molecule has 0 aliphatic carbocycles. The smallest absolute Gasteiger partial charge is 0.262 e. The lowest BCUT2D eigenvalue weighted by Gasteiger charge is -2.49. The Labute approximate surface area is 337 Å². The lowest BCUT2D eigenvalue weighted by atomic mass is 9.76. The summed E-state index contributed by atoms with van der Waals surface area (Å²) in [4.78, 5) is 79.5. The Kier molecular flexibility index (Phi) is 9.46. The minimum Gasteiger partial charge on any atom is -0.371 e. The standard InChI is InChI=1S/C44H47FN8O5/c1-27-23-44(26-52(27)36-11-10-35(46-3)39(45)28(36)2)14-16-48(17-15-44)30-6-4-29(5-7-30)41(56)50-20-18-49(19-21-50)32-24-51(25-32)31-8-9-33-34(22-31)43(58)53(42(33)57)37-12-13-38(54)47-40(37)55/h4-11,22,27,32,37H,12-21,23-26H2,1-2H3,(H,47,54,55)/t27-,37?/m0/s1. The molecule has 6 aliphatic rings. The van der Waals surface area contributed by atoms with Crippen LogP contribution in [0.5, 0.6) is 0 Å². The van der Waals surface area contributed by atoms with Gasteiger partial charge in [-0.25, -0.2) is 9.24 Å². The third-order valence-corrected chi connectivity index (χ3v) is 13.6. The fraction of sp³-hybridized carbons (Fsp3) is 0.455. The molecule has 300 valence electrons. The number of carbonyl (C=O) groups excluding carboxylic acids is 5. The van der Waals surface area contributed by atoms with Crippen LogP contribution < -0.4 is 20.0 Å². The average Bonchev–Trinajstić information content (AvgIpc) is 3.66. The number of hydrogen-bond acceptors (Lipinski definition) is 9. The van der Waals surface area contributed by atoms with Crippen LogP contribution in [0.15, 0.2) is 54.6 Å². The number of halogens is 1. The van der Waals surface area contributed by atoms with E-state index >= 15 is 0 Å². The number of hydrogen-bond donors (Lipinski definition) is 1. The maximum Gasteiger partial charge on any atom is 0.262 e. The molecule has 6 aliphatic heterocycles. The fourth-order valence-corrected chi connectivity index (χ4v) is 10.1. The summed E-state index contributed by atoms with van der Waals surface area (Å²) in [6, 6.07) is 16.4. The van der Waals surface area contributed by atoms with Crippen molar-refractivity contribution in [1.29, 1.82) is 0 Å². The second-order valence-electron chi connectivity index (χ2n) is 16.9. The van der Waals surface area contributed by atoms with Crippen molar-refractivity contribution in [3.05, 3.63) is 94.1 Å². The summed E-state index contributed by atoms with van der Waals surface area (Å²) in [7, 11) is 0. The Balaban J connectivity index is 0.744. The molecule has 58 heavy (non-hydrogen) atoms. The highest BCUT2D eigenvalue weighted by atomic mass is 19.1. The average molecular weight is 787 g/mol. The van der Waals surface area contributed by atoms with Crippen molar-refractivity contribution in [2.45, 2.75) is 64.1 Å². The number of benzene rings is 3. The predicted molar refractivity (Wildman–Crippen MR) is 216 cm³/mol. The molecule has 0 aromatic heterocycles. The quantitative estimate of drug-likeness (QED) is 0.282. The van der Waals surface area contributed by atoms with Gasteiger partial charge >= 0.3 is 0 Å². The van der Waals surface area contributed by atoms with Crippen LogP contribution in [0.4, 0.5) is 27.1 Å². The van der Waals surface area contributed by atoms with Crippen LogP contribution in [-0.4, -0.2) is 121 Å². The van der Waals surface area contributed by atoms with Crippen molar-refractivity contribution < 1.29 is 28.4 Å². The van der Waals surface area contributed by atoms with E-state index < -0.39 is 35.5 Å². The lowest BCUT2D eigenvalue weighted by Crippen LogP contribution is -2.63. The number of anilines is 3. The largest absolute Gasteiger partial charge is 0.371 e. The number of imide groups is 2. The summed E-state index contributed by atoms with van der Waals surface area (Å²) < 4.78 is 14.8. The Morgan fingerprint density at radius 2 is 1.55 bits per heavy atom. The number of piperazine rings is 1. The maximum absolute atomic E-state index is 14.8. The first-order valence-electron chi connectivity index (χ1n) is 20.4. The van der Waals surface area contributed by atoms with Crippen molar-refractivity contribution in [2.24, 2.45) is 5.41 Å². The zero-order valence-corrected chi connectivity index (χ0v) is 32.9. The minimum absolute atomic E-state index is 0.0407. The van der Waals surface area contributed by atoms with Gasteiger partial charge in [-0.05, 0) is 99.0 Å². The summed E-state index contributed by atoms with van der Waals surface area (Å²) in [5.74, 6) is -2.41. The van der Waals surface area contributed by atoms with Crippen molar-refractivity contribution in [1.82, 2.24) is 20.0 Å². The van der Waals surface area contributed by atoms with Gasteiger partial charge in [-0.1, -0.05) is 6.07 Å². The molecule has 5 saturated heterocycles. The summed E-state index contributed by atoms with van der Waals surface area (Å²) in [6.07, 6.45) is 3.34. The second kappa shape index (κ2) is 14.5. The molecule has 14 heteroatoms. The molecule has 5 amide bonds. The third kappa shape index (κ3) is 6.45. The molecule has 6 heterocycles. The van der Waals surface area contributed by atoms with Gasteiger partial charge in [0, 0.05) is 100 Å². The van der Waals surface area contributed by atoms with Gasteiger partial charge < -0.3 is 19.6 Å². The zero-order chi connectivity index (χ0) is 40.5. The molecule has 5 fully saturated rings. The fourth-order valence-electron chi connectivity index (χ4n) is 10.1. The Bertz CT molecular complexity index is 2250. The number of fused-ring (bicyclic) bond motifs is 1. The normalized spacial score (nSPS) is 23.7. The molecule has 1 unspecified atom stereocenters. The Hall–Kier alpha value is -5.81. The SMILES string of the molecule is [C-]#[N+]c1ccc(N2CC3(CCN(c4ccc(C(=O)N5CCN(C6CN(c7ccc8c(c7)C(=O)N(C7CCC(=O)NC7=O)C8=O)C6)CC5)cc4)CC3)C[C@@H]2C)c(C)c1F. The van der Waals surface area contributed by atoms with Gasteiger partial charge in [-0.2, -0.15) is 0 Å². The van der Waals surface area contributed by atoms with E-state index in [2.05, 4.69) is 48.8 Å². The number of nitrogens with zero attached hydrogens (tertiary/aromatic N) is 7. The first kappa shape index (κ1) is 37.7. The van der Waals surface area contributed by atoms with E-state index in [4.69, 9.17) is 6.57 Å². The summed E-state index contributed by atoms with van der Waals surface area (Å²) >= 11 is 0. The maximum atomic E-state index is 14.8. The first-order chi connectivity index (χ1) is 27.9. The number of rotatable bonds is 6. The molecule has 0 radical (unpaired) electrons. The zero-order valence-electron chi connectivity index (χ0n) is 32.9. The summed E-state index contributed by atoms with van der Waals surface area (Å²) in [5.41, 5.74) is 4.88. The first-order valence-corrected chi connectivity index (χ1v) is 20.4. The van der Waals surface area contributed by atoms with Gasteiger partial charge in [-0.15, -0.1) is 0 Å². The van der Waals surface area contributed by atoms with Crippen LogP contribution in [0, 0.1) is 24.7 Å². The molecule has 13 nitrogen and oxygen atoms in total. The highest BCUT2D eigenvalue weighted by molar-refractivity contribution is 6.23. The van der Waals surface area contributed by atoms with E-state index in [1.54, 1.807) is 25.1 Å². The molecular weight excluding hydrogens is 740 g/mol. The van der Waals surface area contributed by atoms with Crippen LogP contribution >= 0.6 is 0 Å². The van der Waals surface area contributed by atoms with E-state index in [0.29, 0.717) is 36.3 Å². The number of piperidine rings is 2. The van der Waals surface area contributed by atoms with Crippen molar-refractivity contribution >= 4 is 52.3 Å². The van der Waals surface area contributed by atoms with E-state index in [1.807, 2.05) is 29.2 Å². The van der Waals surface area contributed by atoms with Gasteiger partial charge in [0.05, 0.1) is 17.7 Å². The van der Waals surface area contributed by atoms with Crippen molar-refractivity contribution in [2.75, 3.05) is 73.6 Å². The molecule has 3 aromatic rings. The summed E-state index contributed by atoms with van der Waals surface area (Å²) in [5, 5.41) is 2.23. The van der Waals surface area contributed by atoms with Crippen molar-refractivity contribution in [3.63, 3.8) is 0 Å².